The highest BCUT2D eigenvalue weighted by molar-refractivity contribution is 6.02. The van der Waals surface area contributed by atoms with Crippen molar-refractivity contribution in [2.75, 3.05) is 37.5 Å². The van der Waals surface area contributed by atoms with Gasteiger partial charge in [0.25, 0.3) is 0 Å². The number of carbonyl (C=O) groups excluding carboxylic acids is 2. The number of carbonyl (C=O) groups is 2. The van der Waals surface area contributed by atoms with Gasteiger partial charge >= 0.3 is 0 Å². The minimum atomic E-state index is -0.590. The molecule has 228 valence electrons. The van der Waals surface area contributed by atoms with Gasteiger partial charge < -0.3 is 30.0 Å². The van der Waals surface area contributed by atoms with Crippen LogP contribution in [0.3, 0.4) is 0 Å². The number of amides is 1. The number of Topliss-reactive ketones (excluding diaryl/α,β-unsaturated/α-hetero) is 1. The van der Waals surface area contributed by atoms with Crippen molar-refractivity contribution in [2.45, 2.75) is 39.2 Å². The topological polar surface area (TPSA) is 95.7 Å². The van der Waals surface area contributed by atoms with E-state index in [1.54, 1.807) is 26.4 Å². The van der Waals surface area contributed by atoms with Gasteiger partial charge in [-0.15, -0.1) is 0 Å². The number of fused-ring (bicyclic) bond motifs is 2. The molecule has 1 atom stereocenters. The number of halogens is 1. The van der Waals surface area contributed by atoms with Crippen LogP contribution in [0.5, 0.6) is 11.5 Å². The van der Waals surface area contributed by atoms with E-state index in [-0.39, 0.29) is 29.5 Å². The van der Waals surface area contributed by atoms with Crippen molar-refractivity contribution < 1.29 is 23.5 Å². The lowest BCUT2D eigenvalue weighted by Gasteiger charge is -2.38. The molecule has 6 rings (SSSR count). The van der Waals surface area contributed by atoms with Gasteiger partial charge in [0.2, 0.25) is 5.91 Å². The summed E-state index contributed by atoms with van der Waals surface area (Å²) in [6, 6.07) is 17.4. The SMILES string of the molecule is COc1ccc(C2C3=C(CC(C)(C)CC3=O)Nc3ccccc3N2CC(=O)NCCc2c[nH]c3ccc(F)cc23)c(OC)c1. The van der Waals surface area contributed by atoms with Crippen LogP contribution in [0.4, 0.5) is 15.8 Å². The number of rotatable bonds is 8. The highest BCUT2D eigenvalue weighted by atomic mass is 19.1. The van der Waals surface area contributed by atoms with Crippen molar-refractivity contribution in [3.05, 3.63) is 95.1 Å². The maximum Gasteiger partial charge on any atom is 0.239 e. The third-order valence-electron chi connectivity index (χ3n) is 8.50. The average molecular weight is 597 g/mol. The molecular formula is C35H37FN4O4. The van der Waals surface area contributed by atoms with Crippen LogP contribution in [-0.2, 0) is 16.0 Å². The van der Waals surface area contributed by atoms with E-state index in [1.165, 1.54) is 12.1 Å². The quantitative estimate of drug-likeness (QED) is 0.221. The highest BCUT2D eigenvalue weighted by Gasteiger charge is 2.42. The molecule has 2 heterocycles. The molecule has 0 bridgehead atoms. The number of para-hydroxylation sites is 2. The van der Waals surface area contributed by atoms with Gasteiger partial charge in [-0.25, -0.2) is 4.39 Å². The van der Waals surface area contributed by atoms with Crippen LogP contribution >= 0.6 is 0 Å². The molecule has 1 aliphatic carbocycles. The van der Waals surface area contributed by atoms with Crippen molar-refractivity contribution in [1.82, 2.24) is 10.3 Å². The lowest BCUT2D eigenvalue weighted by atomic mass is 9.73. The van der Waals surface area contributed by atoms with E-state index in [0.717, 1.165) is 39.1 Å². The third kappa shape index (κ3) is 5.62. The largest absolute Gasteiger partial charge is 0.497 e. The van der Waals surface area contributed by atoms with E-state index < -0.39 is 6.04 Å². The Morgan fingerprint density at radius 3 is 2.68 bits per heavy atom. The van der Waals surface area contributed by atoms with Crippen molar-refractivity contribution >= 4 is 34.0 Å². The molecule has 1 amide bonds. The maximum absolute atomic E-state index is 14.0. The lowest BCUT2D eigenvalue weighted by Crippen LogP contribution is -2.42. The Morgan fingerprint density at radius 2 is 1.89 bits per heavy atom. The smallest absolute Gasteiger partial charge is 0.239 e. The first-order valence-electron chi connectivity index (χ1n) is 14.8. The number of methoxy groups -OCH3 is 2. The average Bonchev–Trinajstić information content (AvgIpc) is 3.33. The number of hydrogen-bond donors (Lipinski definition) is 3. The molecule has 0 saturated heterocycles. The zero-order valence-electron chi connectivity index (χ0n) is 25.4. The fourth-order valence-electron chi connectivity index (χ4n) is 6.50. The standard InChI is InChI=1S/C35H37FN4O4/c1-35(2)17-28-33(30(41)18-35)34(24-11-10-23(43-3)16-31(24)44-4)40(29-8-6-5-7-27(29)39-28)20-32(42)37-14-13-21-19-38-26-12-9-22(36)15-25(21)26/h5-12,15-16,19,34,38-39H,13-14,17-18,20H2,1-4H3,(H,37,42). The predicted octanol–water partition coefficient (Wildman–Crippen LogP) is 6.30. The van der Waals surface area contributed by atoms with Gasteiger partial charge in [-0.3, -0.25) is 9.59 Å². The van der Waals surface area contributed by atoms with Crippen molar-refractivity contribution in [3.8, 4) is 11.5 Å². The summed E-state index contributed by atoms with van der Waals surface area (Å²) in [7, 11) is 3.19. The number of allylic oxidation sites excluding steroid dienone is 1. The molecule has 3 N–H and O–H groups in total. The van der Waals surface area contributed by atoms with E-state index >= 15 is 0 Å². The second-order valence-corrected chi connectivity index (χ2v) is 12.2. The molecule has 3 aromatic carbocycles. The maximum atomic E-state index is 14.0. The second kappa shape index (κ2) is 11.7. The first-order valence-corrected chi connectivity index (χ1v) is 14.8. The van der Waals surface area contributed by atoms with Gasteiger partial charge in [0.1, 0.15) is 17.3 Å². The van der Waals surface area contributed by atoms with Crippen LogP contribution in [0.25, 0.3) is 10.9 Å². The van der Waals surface area contributed by atoms with Crippen LogP contribution in [0.2, 0.25) is 0 Å². The summed E-state index contributed by atoms with van der Waals surface area (Å²) >= 11 is 0. The van der Waals surface area contributed by atoms with Crippen LogP contribution in [-0.4, -0.2) is 44.0 Å². The number of aromatic nitrogens is 1. The number of nitrogens with one attached hydrogen (secondary N) is 3. The summed E-state index contributed by atoms with van der Waals surface area (Å²) in [5.74, 6) is 0.734. The minimum absolute atomic E-state index is 0.00545. The number of ketones is 1. The number of ether oxygens (including phenoxy) is 2. The normalized spacial score (nSPS) is 17.4. The zero-order valence-corrected chi connectivity index (χ0v) is 25.4. The number of nitrogens with zero attached hydrogens (tertiary/aromatic N) is 1. The Hall–Kier alpha value is -4.79. The summed E-state index contributed by atoms with van der Waals surface area (Å²) in [6.07, 6.45) is 3.46. The van der Waals surface area contributed by atoms with Gasteiger partial charge in [0.15, 0.2) is 5.78 Å². The second-order valence-electron chi connectivity index (χ2n) is 12.2. The van der Waals surface area contributed by atoms with Crippen molar-refractivity contribution in [3.63, 3.8) is 0 Å². The number of benzene rings is 3. The number of aromatic amines is 1. The van der Waals surface area contributed by atoms with Crippen LogP contribution in [0, 0.1) is 11.2 Å². The van der Waals surface area contributed by atoms with Gasteiger partial charge in [-0.2, -0.15) is 0 Å². The van der Waals surface area contributed by atoms with Gasteiger partial charge in [0.05, 0.1) is 38.2 Å². The molecule has 0 fully saturated rings. The molecule has 1 aliphatic heterocycles. The molecule has 9 heteroatoms. The fourth-order valence-corrected chi connectivity index (χ4v) is 6.50. The predicted molar refractivity (Wildman–Crippen MR) is 170 cm³/mol. The Bertz CT molecular complexity index is 1780. The minimum Gasteiger partial charge on any atom is -0.497 e. The van der Waals surface area contributed by atoms with Gasteiger partial charge in [-0.05, 0) is 66.3 Å². The molecular weight excluding hydrogens is 559 g/mol. The lowest BCUT2D eigenvalue weighted by molar-refractivity contribution is -0.120. The summed E-state index contributed by atoms with van der Waals surface area (Å²) in [6.45, 7) is 4.56. The van der Waals surface area contributed by atoms with E-state index in [9.17, 15) is 14.0 Å². The van der Waals surface area contributed by atoms with E-state index in [4.69, 9.17) is 9.47 Å². The zero-order chi connectivity index (χ0) is 31.0. The number of anilines is 2. The molecule has 0 radical (unpaired) electrons. The first kappa shape index (κ1) is 29.3. The van der Waals surface area contributed by atoms with Crippen LogP contribution in [0.1, 0.15) is 43.9 Å². The summed E-state index contributed by atoms with van der Waals surface area (Å²) < 4.78 is 25.2. The molecule has 0 spiro atoms. The van der Waals surface area contributed by atoms with Crippen molar-refractivity contribution in [2.24, 2.45) is 5.41 Å². The van der Waals surface area contributed by atoms with E-state index in [0.29, 0.717) is 42.9 Å². The monoisotopic (exact) mass is 596 g/mol. The molecule has 2 aliphatic rings. The molecule has 8 nitrogen and oxygen atoms in total. The van der Waals surface area contributed by atoms with E-state index in [2.05, 4.69) is 29.5 Å². The number of hydrogen-bond acceptors (Lipinski definition) is 6. The Kier molecular flexibility index (Phi) is 7.80. The van der Waals surface area contributed by atoms with E-state index in [1.807, 2.05) is 47.5 Å². The highest BCUT2D eigenvalue weighted by Crippen LogP contribution is 2.49. The van der Waals surface area contributed by atoms with Gasteiger partial charge in [-0.1, -0.05) is 26.0 Å². The molecule has 1 unspecified atom stereocenters. The Balaban J connectivity index is 1.37. The van der Waals surface area contributed by atoms with Crippen LogP contribution < -0.4 is 25.0 Å². The number of H-pyrrole nitrogens is 1. The summed E-state index contributed by atoms with van der Waals surface area (Å²) in [5, 5.41) is 7.44. The van der Waals surface area contributed by atoms with Crippen LogP contribution in [0.15, 0.2) is 78.1 Å². The Morgan fingerprint density at radius 1 is 1.07 bits per heavy atom. The summed E-state index contributed by atoms with van der Waals surface area (Å²) in [4.78, 5) is 32.8. The molecule has 0 saturated carbocycles. The third-order valence-corrected chi connectivity index (χ3v) is 8.50. The fraction of sp³-hybridized carbons (Fsp3) is 0.314. The first-order chi connectivity index (χ1) is 21.2. The summed E-state index contributed by atoms with van der Waals surface area (Å²) in [5.41, 5.74) is 5.45. The van der Waals surface area contributed by atoms with Crippen molar-refractivity contribution in [1.29, 1.82) is 0 Å². The van der Waals surface area contributed by atoms with Gasteiger partial charge in [0, 0.05) is 53.0 Å². The Labute approximate surface area is 256 Å². The molecule has 1 aromatic heterocycles. The molecule has 4 aromatic rings. The molecule has 44 heavy (non-hydrogen) atoms.